The molecule has 0 aliphatic carbocycles. The number of aromatic amines is 1. The maximum absolute atomic E-state index is 13.1. The molecular formula is C21H21N5O3. The van der Waals surface area contributed by atoms with Gasteiger partial charge in [-0.3, -0.25) is 19.5 Å². The molecule has 29 heavy (non-hydrogen) atoms. The molecule has 0 bridgehead atoms. The zero-order valence-electron chi connectivity index (χ0n) is 16.2. The van der Waals surface area contributed by atoms with Gasteiger partial charge >= 0.3 is 0 Å². The second kappa shape index (κ2) is 7.38. The quantitative estimate of drug-likeness (QED) is 0.716. The number of para-hydroxylation sites is 3. The zero-order valence-corrected chi connectivity index (χ0v) is 16.2. The van der Waals surface area contributed by atoms with E-state index >= 15 is 0 Å². The van der Waals surface area contributed by atoms with Crippen molar-refractivity contribution in [3.8, 4) is 0 Å². The van der Waals surface area contributed by atoms with E-state index < -0.39 is 0 Å². The standard InChI is InChI=1S/C21H21N5O3/c1-13-11-18(27)22-16-9-5-6-10-17(16)26(13)19(28)12-25(2)21(29)20-14-7-3-4-8-15(14)23-24-20/h3-10,13H,11-12H2,1-2H3,(H,22,27)(H,23,24). The summed E-state index contributed by atoms with van der Waals surface area (Å²) in [5.74, 6) is -0.759. The molecule has 8 heteroatoms. The maximum Gasteiger partial charge on any atom is 0.275 e. The Morgan fingerprint density at radius 3 is 2.72 bits per heavy atom. The number of amides is 3. The molecule has 0 radical (unpaired) electrons. The van der Waals surface area contributed by atoms with Gasteiger partial charge in [-0.15, -0.1) is 0 Å². The van der Waals surface area contributed by atoms with E-state index in [1.807, 2.05) is 37.3 Å². The van der Waals surface area contributed by atoms with Crippen molar-refractivity contribution in [3.63, 3.8) is 0 Å². The highest BCUT2D eigenvalue weighted by Crippen LogP contribution is 2.31. The Kier molecular flexibility index (Phi) is 4.75. The van der Waals surface area contributed by atoms with Gasteiger partial charge in [0.05, 0.1) is 16.9 Å². The van der Waals surface area contributed by atoms with Gasteiger partial charge in [0, 0.05) is 24.9 Å². The van der Waals surface area contributed by atoms with Crippen LogP contribution in [0.4, 0.5) is 11.4 Å². The molecule has 1 aliphatic heterocycles. The summed E-state index contributed by atoms with van der Waals surface area (Å²) in [6.07, 6.45) is 0.183. The Bertz CT molecular complexity index is 1110. The summed E-state index contributed by atoms with van der Waals surface area (Å²) in [7, 11) is 1.57. The highest BCUT2D eigenvalue weighted by molar-refractivity contribution is 6.08. The molecule has 2 heterocycles. The molecule has 3 aromatic rings. The van der Waals surface area contributed by atoms with E-state index in [0.717, 1.165) is 5.52 Å². The lowest BCUT2D eigenvalue weighted by Gasteiger charge is -2.29. The monoisotopic (exact) mass is 391 g/mol. The van der Waals surface area contributed by atoms with E-state index in [1.165, 1.54) is 4.90 Å². The van der Waals surface area contributed by atoms with Crippen molar-refractivity contribution in [1.29, 1.82) is 0 Å². The molecule has 0 spiro atoms. The molecule has 1 unspecified atom stereocenters. The fraction of sp³-hybridized carbons (Fsp3) is 0.238. The number of fused-ring (bicyclic) bond motifs is 2. The second-order valence-corrected chi connectivity index (χ2v) is 7.16. The van der Waals surface area contributed by atoms with Crippen LogP contribution >= 0.6 is 0 Å². The molecule has 2 aromatic carbocycles. The van der Waals surface area contributed by atoms with Gasteiger partial charge < -0.3 is 15.1 Å². The van der Waals surface area contributed by atoms with Crippen LogP contribution in [-0.4, -0.2) is 52.5 Å². The van der Waals surface area contributed by atoms with Crippen LogP contribution in [0.2, 0.25) is 0 Å². The van der Waals surface area contributed by atoms with Gasteiger partial charge in [-0.2, -0.15) is 5.10 Å². The summed E-state index contributed by atoms with van der Waals surface area (Å²) < 4.78 is 0. The molecule has 1 atom stereocenters. The van der Waals surface area contributed by atoms with Crippen LogP contribution in [0.1, 0.15) is 23.8 Å². The van der Waals surface area contributed by atoms with Crippen LogP contribution in [0, 0.1) is 0 Å². The molecule has 3 amide bonds. The van der Waals surface area contributed by atoms with Crippen LogP contribution in [-0.2, 0) is 9.59 Å². The Balaban J connectivity index is 1.58. The number of nitrogens with one attached hydrogen (secondary N) is 2. The Morgan fingerprint density at radius 1 is 1.17 bits per heavy atom. The van der Waals surface area contributed by atoms with Crippen molar-refractivity contribution in [1.82, 2.24) is 15.1 Å². The first-order chi connectivity index (χ1) is 14.0. The number of aromatic nitrogens is 2. The molecule has 8 nitrogen and oxygen atoms in total. The number of anilines is 2. The first-order valence-corrected chi connectivity index (χ1v) is 9.35. The molecule has 0 fully saturated rings. The summed E-state index contributed by atoms with van der Waals surface area (Å²) >= 11 is 0. The third kappa shape index (κ3) is 3.44. The predicted molar refractivity (Wildman–Crippen MR) is 110 cm³/mol. The number of rotatable bonds is 3. The minimum absolute atomic E-state index is 0.132. The summed E-state index contributed by atoms with van der Waals surface area (Å²) in [5, 5.41) is 10.5. The second-order valence-electron chi connectivity index (χ2n) is 7.16. The summed E-state index contributed by atoms with van der Waals surface area (Å²) in [6, 6.07) is 14.2. The average molecular weight is 391 g/mol. The average Bonchev–Trinajstić information content (AvgIpc) is 3.07. The van der Waals surface area contributed by atoms with E-state index in [0.29, 0.717) is 16.8 Å². The summed E-state index contributed by atoms with van der Waals surface area (Å²) in [5.41, 5.74) is 2.25. The largest absolute Gasteiger partial charge is 0.331 e. The van der Waals surface area contributed by atoms with Gasteiger partial charge in [0.25, 0.3) is 5.91 Å². The number of carbonyl (C=O) groups excluding carboxylic acids is 3. The minimum atomic E-state index is -0.347. The SMILES string of the molecule is CC1CC(=O)Nc2ccccc2N1C(=O)CN(C)C(=O)c1n[nH]c2ccccc12. The van der Waals surface area contributed by atoms with Gasteiger partial charge in [-0.1, -0.05) is 30.3 Å². The smallest absolute Gasteiger partial charge is 0.275 e. The number of benzene rings is 2. The van der Waals surface area contributed by atoms with Crippen molar-refractivity contribution < 1.29 is 14.4 Å². The molecule has 1 aliphatic rings. The van der Waals surface area contributed by atoms with Crippen LogP contribution < -0.4 is 10.2 Å². The molecule has 148 valence electrons. The van der Waals surface area contributed by atoms with Gasteiger partial charge in [0.1, 0.15) is 6.54 Å². The van der Waals surface area contributed by atoms with Crippen LogP contribution in [0.25, 0.3) is 10.9 Å². The van der Waals surface area contributed by atoms with Gasteiger partial charge in [-0.05, 0) is 25.1 Å². The first-order valence-electron chi connectivity index (χ1n) is 9.35. The van der Waals surface area contributed by atoms with E-state index in [2.05, 4.69) is 15.5 Å². The lowest BCUT2D eigenvalue weighted by atomic mass is 10.1. The normalized spacial score (nSPS) is 16.1. The van der Waals surface area contributed by atoms with Crippen molar-refractivity contribution >= 4 is 40.0 Å². The van der Waals surface area contributed by atoms with Crippen molar-refractivity contribution in [2.45, 2.75) is 19.4 Å². The number of H-pyrrole nitrogens is 1. The van der Waals surface area contributed by atoms with Crippen molar-refractivity contribution in [3.05, 3.63) is 54.2 Å². The fourth-order valence-electron chi connectivity index (χ4n) is 3.63. The fourth-order valence-corrected chi connectivity index (χ4v) is 3.63. The first kappa shape index (κ1) is 18.7. The number of carbonyl (C=O) groups is 3. The molecule has 1 aromatic heterocycles. The topological polar surface area (TPSA) is 98.4 Å². The van der Waals surface area contributed by atoms with Crippen LogP contribution in [0.5, 0.6) is 0 Å². The van der Waals surface area contributed by atoms with Gasteiger partial charge in [0.15, 0.2) is 5.69 Å². The highest BCUT2D eigenvalue weighted by atomic mass is 16.2. The Labute approximate surface area is 167 Å². The molecule has 0 saturated heterocycles. The number of hydrogen-bond acceptors (Lipinski definition) is 4. The predicted octanol–water partition coefficient (Wildman–Crippen LogP) is 2.40. The van der Waals surface area contributed by atoms with Gasteiger partial charge in [0.2, 0.25) is 11.8 Å². The Hall–Kier alpha value is -3.68. The molecule has 0 saturated carbocycles. The lowest BCUT2D eigenvalue weighted by molar-refractivity contribution is -0.119. The third-order valence-corrected chi connectivity index (χ3v) is 5.02. The maximum atomic E-state index is 13.1. The van der Waals surface area contributed by atoms with E-state index in [4.69, 9.17) is 0 Å². The number of hydrogen-bond donors (Lipinski definition) is 2. The minimum Gasteiger partial charge on any atom is -0.331 e. The van der Waals surface area contributed by atoms with Gasteiger partial charge in [-0.25, -0.2) is 0 Å². The Morgan fingerprint density at radius 2 is 1.90 bits per heavy atom. The van der Waals surface area contributed by atoms with Crippen LogP contribution in [0.3, 0.4) is 0 Å². The third-order valence-electron chi connectivity index (χ3n) is 5.02. The molecule has 2 N–H and O–H groups in total. The summed E-state index contributed by atoms with van der Waals surface area (Å²) in [4.78, 5) is 41.1. The molecule has 4 rings (SSSR count). The number of likely N-dealkylation sites (N-methyl/N-ethyl adjacent to an activating group) is 1. The number of nitrogens with zero attached hydrogens (tertiary/aromatic N) is 3. The summed E-state index contributed by atoms with van der Waals surface area (Å²) in [6.45, 7) is 1.69. The van der Waals surface area contributed by atoms with Crippen molar-refractivity contribution in [2.24, 2.45) is 0 Å². The van der Waals surface area contributed by atoms with Crippen LogP contribution in [0.15, 0.2) is 48.5 Å². The van der Waals surface area contributed by atoms with Crippen molar-refractivity contribution in [2.75, 3.05) is 23.8 Å². The van der Waals surface area contributed by atoms with E-state index in [1.54, 1.807) is 30.1 Å². The van der Waals surface area contributed by atoms with E-state index in [-0.39, 0.29) is 42.4 Å². The lowest BCUT2D eigenvalue weighted by Crippen LogP contribution is -2.45. The highest BCUT2D eigenvalue weighted by Gasteiger charge is 2.31. The molecular weight excluding hydrogens is 370 g/mol. The van der Waals surface area contributed by atoms with E-state index in [9.17, 15) is 14.4 Å². The zero-order chi connectivity index (χ0) is 20.5.